The number of amides is 1. The number of aryl methyl sites for hydroxylation is 1. The second-order valence-electron chi connectivity index (χ2n) is 5.18. The van der Waals surface area contributed by atoms with Crippen LogP contribution in [0.15, 0.2) is 35.3 Å². The lowest BCUT2D eigenvalue weighted by Gasteiger charge is -2.04. The molecular formula is C16H16N4O2S2. The van der Waals surface area contributed by atoms with Crippen LogP contribution in [0.2, 0.25) is 0 Å². The van der Waals surface area contributed by atoms with Crippen LogP contribution in [0.25, 0.3) is 10.2 Å². The maximum Gasteiger partial charge on any atom is 0.259 e. The number of aromatic nitrogens is 3. The summed E-state index contributed by atoms with van der Waals surface area (Å²) >= 11 is 2.91. The average Bonchev–Trinajstić information content (AvgIpc) is 2.95. The first-order valence-corrected chi connectivity index (χ1v) is 9.32. The fraction of sp³-hybridized carbons (Fsp3) is 0.250. The van der Waals surface area contributed by atoms with E-state index >= 15 is 0 Å². The summed E-state index contributed by atoms with van der Waals surface area (Å²) in [6.07, 6.45) is 1.70. The minimum absolute atomic E-state index is 0.0685. The Morgan fingerprint density at radius 1 is 1.42 bits per heavy atom. The lowest BCUT2D eigenvalue weighted by molar-refractivity contribution is -0.118. The van der Waals surface area contributed by atoms with Crippen molar-refractivity contribution < 1.29 is 4.79 Å². The summed E-state index contributed by atoms with van der Waals surface area (Å²) in [4.78, 5) is 37.0. The molecule has 0 fully saturated rings. The highest BCUT2D eigenvalue weighted by molar-refractivity contribution is 7.99. The van der Waals surface area contributed by atoms with Crippen LogP contribution in [0.1, 0.15) is 16.4 Å². The summed E-state index contributed by atoms with van der Waals surface area (Å²) in [7, 11) is 0. The molecule has 24 heavy (non-hydrogen) atoms. The van der Waals surface area contributed by atoms with Crippen LogP contribution in [0.4, 0.5) is 0 Å². The summed E-state index contributed by atoms with van der Waals surface area (Å²) in [6, 6.07) is 7.42. The number of hydrogen-bond acceptors (Lipinski definition) is 6. The summed E-state index contributed by atoms with van der Waals surface area (Å²) in [5.74, 6) is 1.31. The Labute approximate surface area is 146 Å². The van der Waals surface area contributed by atoms with Gasteiger partial charge >= 0.3 is 0 Å². The first kappa shape index (κ1) is 16.7. The molecule has 3 heterocycles. The van der Waals surface area contributed by atoms with Crippen LogP contribution < -0.4 is 10.9 Å². The minimum Gasteiger partial charge on any atom is -0.350 e. The monoisotopic (exact) mass is 360 g/mol. The predicted octanol–water partition coefficient (Wildman–Crippen LogP) is 2.24. The second-order valence-corrected chi connectivity index (χ2v) is 7.40. The Hall–Kier alpha value is -2.19. The van der Waals surface area contributed by atoms with E-state index in [4.69, 9.17) is 0 Å². The molecule has 0 atom stereocenters. The Morgan fingerprint density at radius 2 is 2.29 bits per heavy atom. The maximum absolute atomic E-state index is 12.0. The molecule has 0 aliphatic rings. The average molecular weight is 360 g/mol. The zero-order valence-corrected chi connectivity index (χ0v) is 14.7. The normalized spacial score (nSPS) is 10.9. The van der Waals surface area contributed by atoms with Crippen LogP contribution in [0, 0.1) is 6.92 Å². The van der Waals surface area contributed by atoms with Gasteiger partial charge in [-0.15, -0.1) is 23.1 Å². The minimum atomic E-state index is -0.125. The van der Waals surface area contributed by atoms with E-state index in [-0.39, 0.29) is 11.5 Å². The van der Waals surface area contributed by atoms with Crippen molar-refractivity contribution in [2.75, 3.05) is 5.75 Å². The van der Waals surface area contributed by atoms with Crippen molar-refractivity contribution in [3.8, 4) is 0 Å². The Balaban J connectivity index is 1.51. The number of thioether (sulfide) groups is 1. The van der Waals surface area contributed by atoms with Crippen LogP contribution in [-0.2, 0) is 17.1 Å². The molecule has 3 rings (SSSR count). The maximum atomic E-state index is 12.0. The van der Waals surface area contributed by atoms with Gasteiger partial charge in [-0.05, 0) is 25.1 Å². The molecule has 0 aliphatic heterocycles. The van der Waals surface area contributed by atoms with E-state index in [0.29, 0.717) is 29.3 Å². The van der Waals surface area contributed by atoms with Gasteiger partial charge in [0.25, 0.3) is 5.56 Å². The third-order valence-corrected chi connectivity index (χ3v) is 5.13. The highest BCUT2D eigenvalue weighted by Crippen LogP contribution is 2.20. The van der Waals surface area contributed by atoms with Gasteiger partial charge in [0, 0.05) is 11.1 Å². The summed E-state index contributed by atoms with van der Waals surface area (Å²) in [6.45, 7) is 2.36. The molecule has 0 saturated carbocycles. The molecule has 0 saturated heterocycles. The molecule has 0 radical (unpaired) electrons. The number of thiophene rings is 1. The zero-order valence-electron chi connectivity index (χ0n) is 13.0. The number of nitrogens with zero attached hydrogens (tertiary/aromatic N) is 2. The van der Waals surface area contributed by atoms with Gasteiger partial charge in [-0.2, -0.15) is 0 Å². The van der Waals surface area contributed by atoms with E-state index < -0.39 is 0 Å². The first-order valence-electron chi connectivity index (χ1n) is 7.35. The molecule has 3 aromatic heterocycles. The molecule has 3 aromatic rings. The third kappa shape index (κ3) is 4.21. The summed E-state index contributed by atoms with van der Waals surface area (Å²) in [5.41, 5.74) is 0.694. The highest BCUT2D eigenvalue weighted by Gasteiger charge is 2.08. The largest absolute Gasteiger partial charge is 0.350 e. The molecule has 0 bridgehead atoms. The molecular weight excluding hydrogens is 344 g/mol. The van der Waals surface area contributed by atoms with Crippen LogP contribution in [-0.4, -0.2) is 26.6 Å². The van der Waals surface area contributed by atoms with Crippen LogP contribution in [0.3, 0.4) is 0 Å². The molecule has 1 amide bonds. The number of carbonyl (C=O) groups excluding carboxylic acids is 1. The number of rotatable bonds is 6. The number of fused-ring (bicyclic) bond motifs is 1. The SMILES string of the molecule is Cc1cc2c(=O)[nH]c(CSCC(=O)NCc3ccccn3)nc2s1. The molecule has 6 nitrogen and oxygen atoms in total. The fourth-order valence-corrected chi connectivity index (χ4v) is 3.77. The number of pyridine rings is 1. The van der Waals surface area contributed by atoms with Gasteiger partial charge in [0.15, 0.2) is 0 Å². The summed E-state index contributed by atoms with van der Waals surface area (Å²) < 4.78 is 0. The fourth-order valence-electron chi connectivity index (χ4n) is 2.15. The van der Waals surface area contributed by atoms with Gasteiger partial charge in [0.05, 0.1) is 29.1 Å². The number of aromatic amines is 1. The molecule has 8 heteroatoms. The van der Waals surface area contributed by atoms with Crippen molar-refractivity contribution in [3.05, 3.63) is 57.2 Å². The second kappa shape index (κ2) is 7.59. The van der Waals surface area contributed by atoms with Crippen molar-refractivity contribution in [3.63, 3.8) is 0 Å². The van der Waals surface area contributed by atoms with Crippen molar-refractivity contribution in [1.82, 2.24) is 20.3 Å². The molecule has 0 aromatic carbocycles. The van der Waals surface area contributed by atoms with Gasteiger partial charge in [-0.1, -0.05) is 6.07 Å². The lowest BCUT2D eigenvalue weighted by atomic mass is 10.3. The van der Waals surface area contributed by atoms with Crippen LogP contribution >= 0.6 is 23.1 Å². The van der Waals surface area contributed by atoms with Crippen molar-refractivity contribution in [2.24, 2.45) is 0 Å². The van der Waals surface area contributed by atoms with Crippen molar-refractivity contribution in [2.45, 2.75) is 19.2 Å². The van der Waals surface area contributed by atoms with E-state index in [1.54, 1.807) is 6.20 Å². The van der Waals surface area contributed by atoms with Gasteiger partial charge in [-0.25, -0.2) is 4.98 Å². The zero-order chi connectivity index (χ0) is 16.9. The van der Waals surface area contributed by atoms with E-state index in [2.05, 4.69) is 20.3 Å². The van der Waals surface area contributed by atoms with E-state index in [1.807, 2.05) is 31.2 Å². The first-order chi connectivity index (χ1) is 11.6. The van der Waals surface area contributed by atoms with Gasteiger partial charge in [-0.3, -0.25) is 14.6 Å². The Kier molecular flexibility index (Phi) is 5.27. The molecule has 0 spiro atoms. The molecule has 0 aliphatic carbocycles. The van der Waals surface area contributed by atoms with Crippen molar-refractivity contribution >= 4 is 39.2 Å². The topological polar surface area (TPSA) is 87.7 Å². The molecule has 0 unspecified atom stereocenters. The van der Waals surface area contributed by atoms with Crippen LogP contribution in [0.5, 0.6) is 0 Å². The van der Waals surface area contributed by atoms with Crippen molar-refractivity contribution in [1.29, 1.82) is 0 Å². The third-order valence-electron chi connectivity index (χ3n) is 3.24. The van der Waals surface area contributed by atoms with E-state index in [9.17, 15) is 9.59 Å². The number of nitrogens with one attached hydrogen (secondary N) is 2. The Bertz CT molecular complexity index is 905. The smallest absolute Gasteiger partial charge is 0.259 e. The van der Waals surface area contributed by atoms with E-state index in [0.717, 1.165) is 15.4 Å². The number of H-pyrrole nitrogens is 1. The quantitative estimate of drug-likeness (QED) is 0.704. The molecule has 124 valence electrons. The van der Waals surface area contributed by atoms with Gasteiger partial charge < -0.3 is 10.3 Å². The van der Waals surface area contributed by atoms with Gasteiger partial charge in [0.1, 0.15) is 10.7 Å². The molecule has 2 N–H and O–H groups in total. The Morgan fingerprint density at radius 3 is 3.08 bits per heavy atom. The predicted molar refractivity (Wildman–Crippen MR) is 97.2 cm³/mol. The van der Waals surface area contributed by atoms with Gasteiger partial charge in [0.2, 0.25) is 5.91 Å². The summed E-state index contributed by atoms with van der Waals surface area (Å²) in [5, 5.41) is 3.44. The highest BCUT2D eigenvalue weighted by atomic mass is 32.2. The number of hydrogen-bond donors (Lipinski definition) is 2. The van der Waals surface area contributed by atoms with E-state index in [1.165, 1.54) is 23.1 Å². The number of carbonyl (C=O) groups is 1. The standard InChI is InChI=1S/C16H16N4O2S2/c1-10-6-12-15(22)19-13(20-16(12)24-10)8-23-9-14(21)18-7-11-4-2-3-5-17-11/h2-6H,7-9H2,1H3,(H,18,21)(H,19,20,22). The lowest BCUT2D eigenvalue weighted by Crippen LogP contribution is -2.25.